The molecule has 3 N–H and O–H groups in total. The maximum absolute atomic E-state index is 13.0. The van der Waals surface area contributed by atoms with E-state index < -0.39 is 97.5 Å². The highest BCUT2D eigenvalue weighted by Gasteiger charge is 2.30. The Morgan fingerprint density at radius 3 is 0.819 bits per heavy atom. The van der Waals surface area contributed by atoms with E-state index in [1.54, 1.807) is 0 Å². The number of carbonyl (C=O) groups is 4. The summed E-state index contributed by atoms with van der Waals surface area (Å²) in [6.45, 7) is 11.7. The molecule has 0 rings (SSSR count). The molecule has 0 saturated heterocycles. The van der Waals surface area contributed by atoms with E-state index in [9.17, 15) is 43.2 Å². The van der Waals surface area contributed by atoms with Crippen molar-refractivity contribution in [1.82, 2.24) is 0 Å². The lowest BCUT2D eigenvalue weighted by molar-refractivity contribution is -0.161. The molecule has 0 aromatic rings. The van der Waals surface area contributed by atoms with Crippen molar-refractivity contribution in [2.24, 2.45) is 17.8 Å². The van der Waals surface area contributed by atoms with E-state index in [4.69, 9.17) is 37.0 Å². The molecule has 0 bridgehead atoms. The zero-order valence-corrected chi connectivity index (χ0v) is 55.4. The van der Waals surface area contributed by atoms with Crippen LogP contribution in [0.3, 0.4) is 0 Å². The second kappa shape index (κ2) is 55.4. The van der Waals surface area contributed by atoms with Gasteiger partial charge in [-0.25, -0.2) is 9.13 Å². The van der Waals surface area contributed by atoms with Crippen LogP contribution >= 0.6 is 15.6 Å². The third kappa shape index (κ3) is 58.8. The summed E-state index contributed by atoms with van der Waals surface area (Å²) in [5.41, 5.74) is 0. The van der Waals surface area contributed by atoms with Gasteiger partial charge in [0.1, 0.15) is 19.3 Å². The predicted molar refractivity (Wildman–Crippen MR) is 331 cm³/mol. The van der Waals surface area contributed by atoms with Gasteiger partial charge in [-0.15, -0.1) is 0 Å². The highest BCUT2D eigenvalue weighted by Crippen LogP contribution is 2.45. The monoisotopic (exact) mass is 1230 g/mol. The number of ether oxygens (including phenoxy) is 4. The van der Waals surface area contributed by atoms with Gasteiger partial charge in [0.25, 0.3) is 0 Å². The molecule has 0 amide bonds. The van der Waals surface area contributed by atoms with Crippen molar-refractivity contribution >= 4 is 39.5 Å². The summed E-state index contributed by atoms with van der Waals surface area (Å²) in [4.78, 5) is 72.1. The lowest BCUT2D eigenvalue weighted by Gasteiger charge is -2.21. The number of carbonyl (C=O) groups excluding carboxylic acids is 4. The van der Waals surface area contributed by atoms with Crippen LogP contribution in [0.2, 0.25) is 0 Å². The Hall–Kier alpha value is -1.94. The van der Waals surface area contributed by atoms with Crippen molar-refractivity contribution in [1.29, 1.82) is 0 Å². The number of hydrogen-bond donors (Lipinski definition) is 3. The van der Waals surface area contributed by atoms with Crippen LogP contribution in [0.25, 0.3) is 0 Å². The molecular weight excluding hydrogens is 1100 g/mol. The summed E-state index contributed by atoms with van der Waals surface area (Å²) in [5, 5.41) is 10.5. The number of aliphatic hydroxyl groups is 1. The average molecular weight is 1230 g/mol. The number of esters is 4. The zero-order chi connectivity index (χ0) is 61.7. The molecule has 0 radical (unpaired) electrons. The molecule has 0 aliphatic carbocycles. The van der Waals surface area contributed by atoms with Crippen molar-refractivity contribution in [3.05, 3.63) is 0 Å². The van der Waals surface area contributed by atoms with E-state index >= 15 is 0 Å². The Bertz CT molecular complexity index is 1650. The first-order valence-corrected chi connectivity index (χ1v) is 36.3. The molecule has 0 aromatic carbocycles. The van der Waals surface area contributed by atoms with Crippen molar-refractivity contribution in [3.63, 3.8) is 0 Å². The van der Waals surface area contributed by atoms with Gasteiger partial charge in [-0.2, -0.15) is 0 Å². The first-order valence-electron chi connectivity index (χ1n) is 33.3. The molecule has 0 heterocycles. The lowest BCUT2D eigenvalue weighted by Crippen LogP contribution is -2.30. The van der Waals surface area contributed by atoms with Crippen LogP contribution in [0.15, 0.2) is 0 Å². The first-order chi connectivity index (χ1) is 39.7. The quantitative estimate of drug-likeness (QED) is 0.0222. The zero-order valence-electron chi connectivity index (χ0n) is 53.6. The molecule has 0 spiro atoms. The minimum Gasteiger partial charge on any atom is -0.462 e. The third-order valence-electron chi connectivity index (χ3n) is 14.6. The van der Waals surface area contributed by atoms with Crippen LogP contribution in [0.5, 0.6) is 0 Å². The van der Waals surface area contributed by atoms with Crippen LogP contribution in [-0.4, -0.2) is 96.7 Å². The van der Waals surface area contributed by atoms with Gasteiger partial charge >= 0.3 is 39.5 Å². The Morgan fingerprint density at radius 2 is 0.554 bits per heavy atom. The number of phosphoric acid groups is 2. The van der Waals surface area contributed by atoms with Crippen LogP contribution in [0, 0.1) is 17.8 Å². The molecule has 0 aliphatic heterocycles. The summed E-state index contributed by atoms with van der Waals surface area (Å²) >= 11 is 0. The van der Waals surface area contributed by atoms with E-state index in [-0.39, 0.29) is 25.7 Å². The Balaban J connectivity index is 5.22. The van der Waals surface area contributed by atoms with Crippen molar-refractivity contribution < 1.29 is 80.2 Å². The number of rotatable bonds is 62. The molecule has 0 saturated carbocycles. The fourth-order valence-corrected chi connectivity index (χ4v) is 11.1. The molecule has 2 unspecified atom stereocenters. The number of phosphoric ester groups is 2. The van der Waals surface area contributed by atoms with Crippen LogP contribution < -0.4 is 0 Å². The highest BCUT2D eigenvalue weighted by atomic mass is 31.2. The summed E-state index contributed by atoms with van der Waals surface area (Å²) in [7, 11) is -9.88. The standard InChI is InChI=1S/C64H124O17P2/c1-8-9-10-11-21-31-38-45-61(66)74-51-59(81-64(69)48-41-34-27-20-24-30-37-44-57(6)7)53-78-82(70,71)76-49-58(65)50-77-83(72,73)79-54-60(52-75-62(67)46-39-32-25-19-15-17-23-29-36-43-56(4)5)80-63(68)47-40-33-26-18-14-12-13-16-22-28-35-42-55(2)3/h55-60,65H,8-54H2,1-7H3,(H,70,71)(H,72,73)/t58-,59+,60+/m0/s1. The summed E-state index contributed by atoms with van der Waals surface area (Å²) in [6.07, 6.45) is 36.4. The van der Waals surface area contributed by atoms with E-state index in [1.807, 2.05) is 0 Å². The molecule has 0 aromatic heterocycles. The van der Waals surface area contributed by atoms with Gasteiger partial charge in [0.05, 0.1) is 26.4 Å². The average Bonchev–Trinajstić information content (AvgIpc) is 3.45. The van der Waals surface area contributed by atoms with E-state index in [1.165, 1.54) is 109 Å². The molecule has 17 nitrogen and oxygen atoms in total. The fraction of sp³-hybridized carbons (Fsp3) is 0.938. The highest BCUT2D eigenvalue weighted by molar-refractivity contribution is 7.47. The third-order valence-corrected chi connectivity index (χ3v) is 16.5. The van der Waals surface area contributed by atoms with Gasteiger partial charge in [0, 0.05) is 25.7 Å². The number of unbranched alkanes of at least 4 members (excludes halogenated alkanes) is 30. The van der Waals surface area contributed by atoms with Crippen LogP contribution in [0.1, 0.15) is 312 Å². The van der Waals surface area contributed by atoms with Gasteiger partial charge in [0.15, 0.2) is 12.2 Å². The maximum Gasteiger partial charge on any atom is 0.472 e. The largest absolute Gasteiger partial charge is 0.472 e. The molecule has 83 heavy (non-hydrogen) atoms. The van der Waals surface area contributed by atoms with E-state index in [0.29, 0.717) is 31.6 Å². The second-order valence-electron chi connectivity index (χ2n) is 24.6. The topological polar surface area (TPSA) is 237 Å². The van der Waals surface area contributed by atoms with Gasteiger partial charge in [-0.1, -0.05) is 260 Å². The number of hydrogen-bond acceptors (Lipinski definition) is 15. The van der Waals surface area contributed by atoms with Crippen LogP contribution in [0.4, 0.5) is 0 Å². The van der Waals surface area contributed by atoms with Crippen molar-refractivity contribution in [3.8, 4) is 0 Å². The molecule has 492 valence electrons. The molecular formula is C64H124O17P2. The van der Waals surface area contributed by atoms with Gasteiger partial charge in [-0.05, 0) is 43.4 Å². The lowest BCUT2D eigenvalue weighted by atomic mass is 10.0. The summed E-state index contributed by atoms with van der Waals surface area (Å²) < 4.78 is 67.9. The second-order valence-corrected chi connectivity index (χ2v) is 27.5. The molecule has 0 fully saturated rings. The molecule has 5 atom stereocenters. The number of aliphatic hydroxyl groups excluding tert-OH is 1. The normalized spacial score (nSPS) is 14.4. The summed E-state index contributed by atoms with van der Waals surface area (Å²) in [6, 6.07) is 0. The van der Waals surface area contributed by atoms with E-state index in [2.05, 4.69) is 48.5 Å². The van der Waals surface area contributed by atoms with Crippen molar-refractivity contribution in [2.45, 2.75) is 330 Å². The Morgan fingerprint density at radius 1 is 0.325 bits per heavy atom. The first kappa shape index (κ1) is 81.1. The predicted octanol–water partition coefficient (Wildman–Crippen LogP) is 17.5. The van der Waals surface area contributed by atoms with Gasteiger partial charge in [-0.3, -0.25) is 37.3 Å². The van der Waals surface area contributed by atoms with Crippen molar-refractivity contribution in [2.75, 3.05) is 39.6 Å². The summed E-state index contributed by atoms with van der Waals surface area (Å²) in [5.74, 6) is 0.0638. The minimum atomic E-state index is -4.95. The Labute approximate surface area is 505 Å². The smallest absolute Gasteiger partial charge is 0.462 e. The molecule has 19 heteroatoms. The minimum absolute atomic E-state index is 0.103. The Kier molecular flexibility index (Phi) is 54.1. The fourth-order valence-electron chi connectivity index (χ4n) is 9.48. The van der Waals surface area contributed by atoms with Gasteiger partial charge in [0.2, 0.25) is 0 Å². The maximum atomic E-state index is 13.0. The van der Waals surface area contributed by atoms with E-state index in [0.717, 1.165) is 115 Å². The SMILES string of the molecule is CCCCCCCCCC(=O)OC[C@H](COP(=O)(O)OC[C@H](O)COP(=O)(O)OC[C@@H](COC(=O)CCCCCCCCCCCC(C)C)OC(=O)CCCCCCCCCCCCCC(C)C)OC(=O)CCCCCCCCCC(C)C. The molecule has 0 aliphatic rings. The van der Waals surface area contributed by atoms with Gasteiger partial charge < -0.3 is 33.8 Å². The van der Waals surface area contributed by atoms with Crippen LogP contribution in [-0.2, 0) is 65.4 Å².